The lowest BCUT2D eigenvalue weighted by molar-refractivity contribution is 0.622. The molecule has 0 atom stereocenters. The molecule has 9 heteroatoms. The Hall–Kier alpha value is -3.17. The summed E-state index contributed by atoms with van der Waals surface area (Å²) < 4.78 is 16.0. The van der Waals surface area contributed by atoms with Gasteiger partial charge in [-0.1, -0.05) is 24.3 Å². The predicted octanol–water partition coefficient (Wildman–Crippen LogP) is 3.93. The molecule has 0 N–H and O–H groups in total. The van der Waals surface area contributed by atoms with Crippen molar-refractivity contribution in [3.8, 4) is 21.1 Å². The van der Waals surface area contributed by atoms with Gasteiger partial charge in [-0.05, 0) is 40.6 Å². The molecule has 5 aromatic rings. The molecule has 0 unspecified atom stereocenters. The van der Waals surface area contributed by atoms with Gasteiger partial charge in [0.2, 0.25) is 0 Å². The number of thiophene rings is 2. The molecule has 6 nitrogen and oxygen atoms in total. The molecule has 0 radical (unpaired) electrons. The van der Waals surface area contributed by atoms with Gasteiger partial charge in [-0.15, -0.1) is 38.0 Å². The van der Waals surface area contributed by atoms with Crippen molar-refractivity contribution < 1.29 is 4.39 Å². The standard InChI is InChI=1S/C19H12FN5OS2/c20-13-7-5-12(6-8-13)11-24-19(26)25-17(15-4-2-10-28-15)16(14-3-1-9-27-14)21-22-18(25)23-24/h1-10H,11H2. The normalized spacial score (nSPS) is 11.3. The highest BCUT2D eigenvalue weighted by molar-refractivity contribution is 7.14. The fraction of sp³-hybridized carbons (Fsp3) is 0.0526. The van der Waals surface area contributed by atoms with Gasteiger partial charge in [0.15, 0.2) is 0 Å². The number of benzene rings is 1. The Morgan fingerprint density at radius 2 is 1.64 bits per heavy atom. The van der Waals surface area contributed by atoms with E-state index in [0.717, 1.165) is 15.3 Å². The smallest absolute Gasteiger partial charge is 0.245 e. The third-order valence-corrected chi connectivity index (χ3v) is 6.02. The molecule has 0 fully saturated rings. The molecule has 0 amide bonds. The predicted molar refractivity (Wildman–Crippen MR) is 107 cm³/mol. The molecule has 0 spiro atoms. The Labute approximate surface area is 166 Å². The number of aromatic nitrogens is 5. The SMILES string of the molecule is O=c1n(Cc2ccc(F)cc2)nc2nnc(-c3cccs3)c(-c3cccs3)n12. The molecular formula is C19H12FN5OS2. The molecule has 0 bridgehead atoms. The lowest BCUT2D eigenvalue weighted by atomic mass is 10.2. The molecule has 28 heavy (non-hydrogen) atoms. The highest BCUT2D eigenvalue weighted by Crippen LogP contribution is 2.34. The van der Waals surface area contributed by atoms with Gasteiger partial charge in [0.25, 0.3) is 5.78 Å². The van der Waals surface area contributed by atoms with Gasteiger partial charge >= 0.3 is 5.69 Å². The summed E-state index contributed by atoms with van der Waals surface area (Å²) in [6, 6.07) is 13.8. The van der Waals surface area contributed by atoms with Crippen molar-refractivity contribution in [2.24, 2.45) is 0 Å². The molecule has 0 aliphatic carbocycles. The van der Waals surface area contributed by atoms with Crippen LogP contribution in [0.15, 0.2) is 64.1 Å². The average molecular weight is 409 g/mol. The molecule has 0 aliphatic heterocycles. The fourth-order valence-electron chi connectivity index (χ4n) is 2.99. The summed E-state index contributed by atoms with van der Waals surface area (Å²) in [4.78, 5) is 15.0. The van der Waals surface area contributed by atoms with Crippen LogP contribution in [0.4, 0.5) is 4.39 Å². The van der Waals surface area contributed by atoms with Gasteiger partial charge < -0.3 is 0 Å². The summed E-state index contributed by atoms with van der Waals surface area (Å²) in [6.45, 7) is 0.223. The first-order chi connectivity index (χ1) is 13.7. The van der Waals surface area contributed by atoms with Gasteiger partial charge in [0, 0.05) is 0 Å². The second-order valence-corrected chi connectivity index (χ2v) is 7.95. The van der Waals surface area contributed by atoms with Crippen LogP contribution in [0.3, 0.4) is 0 Å². The monoisotopic (exact) mass is 409 g/mol. The van der Waals surface area contributed by atoms with Crippen LogP contribution >= 0.6 is 22.7 Å². The van der Waals surface area contributed by atoms with E-state index in [1.54, 1.807) is 12.1 Å². The summed E-state index contributed by atoms with van der Waals surface area (Å²) >= 11 is 3.06. The zero-order valence-electron chi connectivity index (χ0n) is 14.3. The maximum Gasteiger partial charge on any atom is 0.352 e. The van der Waals surface area contributed by atoms with E-state index in [9.17, 15) is 9.18 Å². The lowest BCUT2D eigenvalue weighted by Gasteiger charge is -2.06. The molecule has 1 aromatic carbocycles. The van der Waals surface area contributed by atoms with Crippen molar-refractivity contribution in [3.05, 3.63) is 81.2 Å². The Morgan fingerprint density at radius 1 is 0.929 bits per heavy atom. The van der Waals surface area contributed by atoms with Crippen molar-refractivity contribution in [1.29, 1.82) is 0 Å². The summed E-state index contributed by atoms with van der Waals surface area (Å²) in [5.74, 6) is -0.0895. The highest BCUT2D eigenvalue weighted by atomic mass is 32.1. The van der Waals surface area contributed by atoms with E-state index >= 15 is 0 Å². The molecular weight excluding hydrogens is 397 g/mol. The lowest BCUT2D eigenvalue weighted by Crippen LogP contribution is -2.23. The minimum Gasteiger partial charge on any atom is -0.245 e. The van der Waals surface area contributed by atoms with Crippen molar-refractivity contribution in [2.45, 2.75) is 6.54 Å². The van der Waals surface area contributed by atoms with E-state index in [1.807, 2.05) is 35.0 Å². The third kappa shape index (κ3) is 2.85. The topological polar surface area (TPSA) is 65.1 Å². The molecule has 4 heterocycles. The first kappa shape index (κ1) is 17.0. The Kier molecular flexibility index (Phi) is 4.10. The molecule has 0 saturated carbocycles. The summed E-state index contributed by atoms with van der Waals surface area (Å²) in [6.07, 6.45) is 0. The maximum absolute atomic E-state index is 13.2. The van der Waals surface area contributed by atoms with Crippen LogP contribution in [0, 0.1) is 5.82 Å². The summed E-state index contributed by atoms with van der Waals surface area (Å²) in [5.41, 5.74) is 1.79. The van der Waals surface area contributed by atoms with E-state index < -0.39 is 0 Å². The van der Waals surface area contributed by atoms with Gasteiger partial charge in [-0.25, -0.2) is 18.3 Å². The third-order valence-electron chi connectivity index (χ3n) is 4.26. The van der Waals surface area contributed by atoms with Crippen molar-refractivity contribution in [3.63, 3.8) is 0 Å². The van der Waals surface area contributed by atoms with Gasteiger partial charge in [0.1, 0.15) is 17.2 Å². The minimum atomic E-state index is -0.322. The van der Waals surface area contributed by atoms with Gasteiger partial charge in [-0.3, -0.25) is 0 Å². The number of fused-ring (bicyclic) bond motifs is 1. The molecule has 0 saturated heterocycles. The Bertz CT molecular complexity index is 1310. The van der Waals surface area contributed by atoms with Crippen LogP contribution in [-0.2, 0) is 6.54 Å². The Balaban J connectivity index is 1.73. The fourth-order valence-corrected chi connectivity index (χ4v) is 4.46. The van der Waals surface area contributed by atoms with E-state index in [0.29, 0.717) is 11.4 Å². The second kappa shape index (κ2) is 6.77. The van der Waals surface area contributed by atoms with Crippen LogP contribution < -0.4 is 5.69 Å². The van der Waals surface area contributed by atoms with Crippen LogP contribution in [0.25, 0.3) is 26.9 Å². The zero-order chi connectivity index (χ0) is 19.1. The minimum absolute atomic E-state index is 0.223. The van der Waals surface area contributed by atoms with Crippen molar-refractivity contribution >= 4 is 28.5 Å². The maximum atomic E-state index is 13.2. The van der Waals surface area contributed by atoms with E-state index in [-0.39, 0.29) is 23.8 Å². The number of nitrogens with zero attached hydrogens (tertiary/aromatic N) is 5. The first-order valence-electron chi connectivity index (χ1n) is 8.39. The van der Waals surface area contributed by atoms with Crippen LogP contribution in [0.2, 0.25) is 0 Å². The first-order valence-corrected chi connectivity index (χ1v) is 10.1. The van der Waals surface area contributed by atoms with Gasteiger partial charge in [0.05, 0.1) is 16.3 Å². The zero-order valence-corrected chi connectivity index (χ0v) is 16.0. The van der Waals surface area contributed by atoms with Crippen LogP contribution in [0.1, 0.15) is 5.56 Å². The number of halogens is 1. The highest BCUT2D eigenvalue weighted by Gasteiger charge is 2.20. The Morgan fingerprint density at radius 3 is 2.32 bits per heavy atom. The molecule has 0 aliphatic rings. The van der Waals surface area contributed by atoms with Crippen molar-refractivity contribution in [2.75, 3.05) is 0 Å². The molecule has 4 aromatic heterocycles. The average Bonchev–Trinajstić information content (AvgIpc) is 3.46. The number of hydrogen-bond acceptors (Lipinski definition) is 6. The van der Waals surface area contributed by atoms with E-state index in [1.165, 1.54) is 43.9 Å². The molecule has 138 valence electrons. The van der Waals surface area contributed by atoms with E-state index in [2.05, 4.69) is 15.3 Å². The second-order valence-electron chi connectivity index (χ2n) is 6.05. The summed E-state index contributed by atoms with van der Waals surface area (Å²) in [7, 11) is 0. The largest absolute Gasteiger partial charge is 0.352 e. The van der Waals surface area contributed by atoms with Crippen LogP contribution in [0.5, 0.6) is 0 Å². The quantitative estimate of drug-likeness (QED) is 0.451. The summed E-state index contributed by atoms with van der Waals surface area (Å²) in [5, 5.41) is 16.8. The van der Waals surface area contributed by atoms with E-state index in [4.69, 9.17) is 0 Å². The van der Waals surface area contributed by atoms with Crippen LogP contribution in [-0.4, -0.2) is 24.4 Å². The van der Waals surface area contributed by atoms with Gasteiger partial charge in [-0.2, -0.15) is 0 Å². The molecule has 5 rings (SSSR count). The van der Waals surface area contributed by atoms with Crippen molar-refractivity contribution in [1.82, 2.24) is 24.4 Å². The number of hydrogen-bond donors (Lipinski definition) is 0. The number of rotatable bonds is 4.